The maximum Gasteiger partial charge on any atom is 0.328 e. The number of nitrogens with zero attached hydrogens (tertiary/aromatic N) is 1. The number of amides is 3. The second-order valence-corrected chi connectivity index (χ2v) is 7.75. The van der Waals surface area contributed by atoms with E-state index < -0.39 is 42.0 Å². The molecule has 1 aliphatic heterocycles. The monoisotopic (exact) mass is 419 g/mol. The zero-order chi connectivity index (χ0) is 22.3. The molecule has 164 valence electrons. The molecule has 1 aromatic carbocycles. The molecule has 0 bridgehead atoms. The third-order valence-corrected chi connectivity index (χ3v) is 4.86. The lowest BCUT2D eigenvalue weighted by Crippen LogP contribution is -2.54. The van der Waals surface area contributed by atoms with Crippen LogP contribution in [0.25, 0.3) is 0 Å². The first-order chi connectivity index (χ1) is 14.2. The highest BCUT2D eigenvalue weighted by molar-refractivity contribution is 6.02. The molecule has 1 aromatic rings. The molecule has 2 rings (SSSR count). The Bertz CT molecular complexity index is 767. The number of aliphatic carboxylic acids is 1. The molecule has 0 aromatic heterocycles. The fourth-order valence-electron chi connectivity index (χ4n) is 3.13. The van der Waals surface area contributed by atoms with Crippen molar-refractivity contribution in [3.05, 3.63) is 35.9 Å². The van der Waals surface area contributed by atoms with Gasteiger partial charge in [-0.3, -0.25) is 14.9 Å². The summed E-state index contributed by atoms with van der Waals surface area (Å²) < 4.78 is 5.41. The van der Waals surface area contributed by atoms with Crippen molar-refractivity contribution in [3.8, 4) is 0 Å². The van der Waals surface area contributed by atoms with Gasteiger partial charge in [0.15, 0.2) is 6.04 Å². The SMILES string of the molecule is CC(C)CC[C@H](N[C@H](C)C(=O)N1C(=O)NC[C@H]1C(=O)O)C(=O)OCc1ccccc1. The molecule has 0 aliphatic carbocycles. The van der Waals surface area contributed by atoms with Crippen LogP contribution in [-0.4, -0.2) is 58.6 Å². The van der Waals surface area contributed by atoms with E-state index in [1.54, 1.807) is 0 Å². The number of carbonyl (C=O) groups is 4. The van der Waals surface area contributed by atoms with Gasteiger partial charge in [-0.2, -0.15) is 0 Å². The number of esters is 1. The number of hydrogen-bond acceptors (Lipinski definition) is 6. The number of carbonyl (C=O) groups excluding carboxylic acids is 3. The molecule has 9 nitrogen and oxygen atoms in total. The Morgan fingerprint density at radius 3 is 2.47 bits per heavy atom. The molecule has 9 heteroatoms. The van der Waals surface area contributed by atoms with Gasteiger partial charge in [0, 0.05) is 0 Å². The molecule has 1 saturated heterocycles. The van der Waals surface area contributed by atoms with Gasteiger partial charge in [-0.15, -0.1) is 0 Å². The molecule has 30 heavy (non-hydrogen) atoms. The minimum absolute atomic E-state index is 0.109. The number of ether oxygens (including phenoxy) is 1. The van der Waals surface area contributed by atoms with Gasteiger partial charge in [0.1, 0.15) is 12.6 Å². The standard InChI is InChI=1S/C21H29N3O6/c1-13(2)9-10-16(20(28)30-12-15-7-5-4-6-8-15)23-14(3)18(25)24-17(19(26)27)11-22-21(24)29/h4-8,13-14,16-17,23H,9-12H2,1-3H3,(H,22,29)(H,26,27)/t14-,16+,17+/m1/s1. The zero-order valence-electron chi connectivity index (χ0n) is 17.5. The Morgan fingerprint density at radius 1 is 1.20 bits per heavy atom. The van der Waals surface area contributed by atoms with Crippen LogP contribution in [0.15, 0.2) is 30.3 Å². The smallest absolute Gasteiger partial charge is 0.328 e. The molecule has 1 aliphatic rings. The summed E-state index contributed by atoms with van der Waals surface area (Å²) in [5, 5.41) is 14.5. The normalized spacial score (nSPS) is 18.1. The van der Waals surface area contributed by atoms with Gasteiger partial charge in [0.05, 0.1) is 12.6 Å². The molecule has 1 heterocycles. The van der Waals surface area contributed by atoms with Gasteiger partial charge >= 0.3 is 18.0 Å². The fraction of sp³-hybridized carbons (Fsp3) is 0.524. The summed E-state index contributed by atoms with van der Waals surface area (Å²) in [6.07, 6.45) is 1.17. The van der Waals surface area contributed by atoms with Crippen LogP contribution in [0.1, 0.15) is 39.2 Å². The predicted octanol–water partition coefficient (Wildman–Crippen LogP) is 1.52. The van der Waals surface area contributed by atoms with Crippen molar-refractivity contribution in [2.24, 2.45) is 5.92 Å². The van der Waals surface area contributed by atoms with Crippen LogP contribution in [0.2, 0.25) is 0 Å². The van der Waals surface area contributed by atoms with E-state index in [1.165, 1.54) is 6.92 Å². The number of carboxylic acid groups (broad SMARTS) is 1. The van der Waals surface area contributed by atoms with E-state index in [0.29, 0.717) is 17.2 Å². The summed E-state index contributed by atoms with van der Waals surface area (Å²) in [5.41, 5.74) is 0.843. The van der Waals surface area contributed by atoms with Crippen LogP contribution >= 0.6 is 0 Å². The molecule has 0 unspecified atom stereocenters. The van der Waals surface area contributed by atoms with Crippen LogP contribution in [0, 0.1) is 5.92 Å². The van der Waals surface area contributed by atoms with Gasteiger partial charge < -0.3 is 15.2 Å². The first-order valence-corrected chi connectivity index (χ1v) is 10.0. The Balaban J connectivity index is 2.04. The van der Waals surface area contributed by atoms with Crippen molar-refractivity contribution in [2.45, 2.75) is 58.3 Å². The third-order valence-electron chi connectivity index (χ3n) is 4.86. The van der Waals surface area contributed by atoms with E-state index in [-0.39, 0.29) is 13.2 Å². The predicted molar refractivity (Wildman–Crippen MR) is 108 cm³/mol. The number of carboxylic acids is 1. The summed E-state index contributed by atoms with van der Waals surface area (Å²) in [7, 11) is 0. The topological polar surface area (TPSA) is 125 Å². The maximum absolute atomic E-state index is 12.7. The van der Waals surface area contributed by atoms with Gasteiger partial charge in [-0.25, -0.2) is 14.5 Å². The van der Waals surface area contributed by atoms with E-state index in [0.717, 1.165) is 12.0 Å². The van der Waals surface area contributed by atoms with Crippen molar-refractivity contribution < 1.29 is 29.0 Å². The molecule has 3 atom stereocenters. The second-order valence-electron chi connectivity index (χ2n) is 7.75. The molecule has 3 N–H and O–H groups in total. The van der Waals surface area contributed by atoms with Gasteiger partial charge in [0.2, 0.25) is 5.91 Å². The number of imide groups is 1. The van der Waals surface area contributed by atoms with Crippen molar-refractivity contribution in [3.63, 3.8) is 0 Å². The number of hydrogen-bond donors (Lipinski definition) is 3. The molecular weight excluding hydrogens is 390 g/mol. The quantitative estimate of drug-likeness (QED) is 0.491. The number of benzene rings is 1. The molecule has 0 radical (unpaired) electrons. The lowest BCUT2D eigenvalue weighted by molar-refractivity contribution is -0.149. The fourth-order valence-corrected chi connectivity index (χ4v) is 3.13. The number of nitrogens with one attached hydrogen (secondary N) is 2. The highest BCUT2D eigenvalue weighted by Crippen LogP contribution is 2.13. The van der Waals surface area contributed by atoms with E-state index in [2.05, 4.69) is 10.6 Å². The first kappa shape index (κ1) is 23.3. The first-order valence-electron chi connectivity index (χ1n) is 10.0. The lowest BCUT2D eigenvalue weighted by Gasteiger charge is -2.26. The van der Waals surface area contributed by atoms with E-state index >= 15 is 0 Å². The van der Waals surface area contributed by atoms with Gasteiger partial charge in [-0.1, -0.05) is 44.2 Å². The summed E-state index contributed by atoms with van der Waals surface area (Å²) >= 11 is 0. The number of urea groups is 1. The molecular formula is C21H29N3O6. The summed E-state index contributed by atoms with van der Waals surface area (Å²) in [4.78, 5) is 49.4. The highest BCUT2D eigenvalue weighted by Gasteiger charge is 2.42. The van der Waals surface area contributed by atoms with E-state index in [4.69, 9.17) is 4.74 Å². The Labute approximate surface area is 175 Å². The Hall–Kier alpha value is -2.94. The van der Waals surface area contributed by atoms with Crippen LogP contribution in [0.4, 0.5) is 4.79 Å². The molecule has 1 fully saturated rings. The zero-order valence-corrected chi connectivity index (χ0v) is 17.5. The Kier molecular flexibility index (Phi) is 8.35. The largest absolute Gasteiger partial charge is 0.480 e. The van der Waals surface area contributed by atoms with Gasteiger partial charge in [0.25, 0.3) is 0 Å². The van der Waals surface area contributed by atoms with Crippen LogP contribution in [-0.2, 0) is 25.7 Å². The average Bonchev–Trinajstić information content (AvgIpc) is 3.10. The van der Waals surface area contributed by atoms with Crippen LogP contribution < -0.4 is 10.6 Å². The Morgan fingerprint density at radius 2 is 1.87 bits per heavy atom. The summed E-state index contributed by atoms with van der Waals surface area (Å²) in [6, 6.07) is 5.50. The summed E-state index contributed by atoms with van der Waals surface area (Å²) in [6.45, 7) is 5.50. The van der Waals surface area contributed by atoms with Crippen molar-refractivity contribution in [1.29, 1.82) is 0 Å². The van der Waals surface area contributed by atoms with E-state index in [1.807, 2.05) is 44.2 Å². The molecule has 3 amide bonds. The van der Waals surface area contributed by atoms with Crippen LogP contribution in [0.3, 0.4) is 0 Å². The lowest BCUT2D eigenvalue weighted by atomic mass is 10.0. The minimum atomic E-state index is -1.27. The molecule has 0 saturated carbocycles. The van der Waals surface area contributed by atoms with Crippen molar-refractivity contribution >= 4 is 23.9 Å². The van der Waals surface area contributed by atoms with Crippen molar-refractivity contribution in [1.82, 2.24) is 15.5 Å². The average molecular weight is 419 g/mol. The van der Waals surface area contributed by atoms with Crippen LogP contribution in [0.5, 0.6) is 0 Å². The van der Waals surface area contributed by atoms with Gasteiger partial charge in [-0.05, 0) is 31.2 Å². The maximum atomic E-state index is 12.7. The van der Waals surface area contributed by atoms with E-state index in [9.17, 15) is 24.3 Å². The molecule has 0 spiro atoms. The second kappa shape index (κ2) is 10.7. The van der Waals surface area contributed by atoms with Crippen molar-refractivity contribution in [2.75, 3.05) is 6.54 Å². The third kappa shape index (κ3) is 6.28. The summed E-state index contributed by atoms with van der Waals surface area (Å²) in [5.74, 6) is -2.14. The highest BCUT2D eigenvalue weighted by atomic mass is 16.5. The minimum Gasteiger partial charge on any atom is -0.480 e. The number of rotatable bonds is 10.